The van der Waals surface area contributed by atoms with Crippen molar-refractivity contribution >= 4 is 11.6 Å². The van der Waals surface area contributed by atoms with Crippen LogP contribution in [0.3, 0.4) is 0 Å². The standard InChI is InChI=1S/C44H81Cl/c1-4-6-8-10-12-14-16-18-20-22-24-26-28-30-32-34-40-44(45,43-38-36-42(3)37-39-43)41-35-33-31-29-27-25-23-21-19-17-15-13-11-9-7-5-2/h36-39H,4-35,40-41H2,1-3H3. The normalized spacial score (nSPS) is 11.9. The van der Waals surface area contributed by atoms with E-state index in [0.717, 1.165) is 12.8 Å². The molecule has 0 fully saturated rings. The van der Waals surface area contributed by atoms with E-state index >= 15 is 0 Å². The van der Waals surface area contributed by atoms with Crippen molar-refractivity contribution in [1.82, 2.24) is 0 Å². The first-order valence-corrected chi connectivity index (χ1v) is 21.3. The number of unbranched alkanes of at least 4 members (excludes halogenated alkanes) is 30. The molecule has 45 heavy (non-hydrogen) atoms. The van der Waals surface area contributed by atoms with Gasteiger partial charge in [-0.1, -0.05) is 249 Å². The van der Waals surface area contributed by atoms with Gasteiger partial charge in [0.05, 0.1) is 4.87 Å². The van der Waals surface area contributed by atoms with Crippen molar-refractivity contribution in [3.05, 3.63) is 35.4 Å². The maximum Gasteiger partial charge on any atom is 0.0695 e. The van der Waals surface area contributed by atoms with Crippen LogP contribution in [0.25, 0.3) is 0 Å². The van der Waals surface area contributed by atoms with E-state index in [-0.39, 0.29) is 4.87 Å². The molecule has 0 aliphatic heterocycles. The monoisotopic (exact) mass is 645 g/mol. The van der Waals surface area contributed by atoms with Crippen LogP contribution in [-0.4, -0.2) is 0 Å². The first-order chi connectivity index (χ1) is 22.1. The molecule has 0 nitrogen and oxygen atoms in total. The molecule has 0 heterocycles. The lowest BCUT2D eigenvalue weighted by atomic mass is 9.86. The number of halogens is 1. The molecule has 1 aromatic rings. The van der Waals surface area contributed by atoms with E-state index in [2.05, 4.69) is 45.0 Å². The number of benzene rings is 1. The number of rotatable bonds is 35. The third-order valence-electron chi connectivity index (χ3n) is 10.4. The first kappa shape index (κ1) is 42.5. The van der Waals surface area contributed by atoms with E-state index in [9.17, 15) is 0 Å². The van der Waals surface area contributed by atoms with Crippen LogP contribution >= 0.6 is 11.6 Å². The van der Waals surface area contributed by atoms with Crippen molar-refractivity contribution in [2.45, 2.75) is 244 Å². The Morgan fingerprint density at radius 2 is 0.578 bits per heavy atom. The molecule has 1 rings (SSSR count). The van der Waals surface area contributed by atoms with Gasteiger partial charge in [-0.05, 0) is 25.3 Å². The maximum atomic E-state index is 7.45. The lowest BCUT2D eigenvalue weighted by molar-refractivity contribution is 0.442. The third kappa shape index (κ3) is 26.2. The van der Waals surface area contributed by atoms with Gasteiger partial charge in [0.2, 0.25) is 0 Å². The maximum absolute atomic E-state index is 7.45. The van der Waals surface area contributed by atoms with E-state index in [1.165, 1.54) is 217 Å². The molecule has 264 valence electrons. The van der Waals surface area contributed by atoms with Gasteiger partial charge in [0.25, 0.3) is 0 Å². The summed E-state index contributed by atoms with van der Waals surface area (Å²) in [5.74, 6) is 0. The van der Waals surface area contributed by atoms with Crippen molar-refractivity contribution in [3.8, 4) is 0 Å². The Balaban J connectivity index is 2.08. The SMILES string of the molecule is CCCCCCCCCCCCCCCCCCC(Cl)(CCCCCCCCCCCCCCCCCC)c1ccc(C)cc1. The summed E-state index contributed by atoms with van der Waals surface area (Å²) in [6, 6.07) is 9.13. The van der Waals surface area contributed by atoms with Gasteiger partial charge < -0.3 is 0 Å². The molecule has 1 aromatic carbocycles. The smallest absolute Gasteiger partial charge is 0.0695 e. The van der Waals surface area contributed by atoms with E-state index in [1.54, 1.807) is 0 Å². The van der Waals surface area contributed by atoms with Crippen LogP contribution in [0.2, 0.25) is 0 Å². The van der Waals surface area contributed by atoms with Crippen molar-refractivity contribution in [3.63, 3.8) is 0 Å². The van der Waals surface area contributed by atoms with Crippen LogP contribution in [0.1, 0.15) is 243 Å². The van der Waals surface area contributed by atoms with Gasteiger partial charge in [-0.2, -0.15) is 0 Å². The summed E-state index contributed by atoms with van der Waals surface area (Å²) in [4.78, 5) is -0.167. The van der Waals surface area contributed by atoms with Gasteiger partial charge in [0, 0.05) is 0 Å². The molecule has 0 unspecified atom stereocenters. The summed E-state index contributed by atoms with van der Waals surface area (Å²) in [6.07, 6.45) is 47.8. The number of aryl methyl sites for hydroxylation is 1. The van der Waals surface area contributed by atoms with E-state index in [1.807, 2.05) is 0 Å². The van der Waals surface area contributed by atoms with Crippen molar-refractivity contribution in [1.29, 1.82) is 0 Å². The Labute approximate surface area is 290 Å². The zero-order valence-corrected chi connectivity index (χ0v) is 32.0. The van der Waals surface area contributed by atoms with Crippen LogP contribution in [-0.2, 0) is 4.87 Å². The van der Waals surface area contributed by atoms with Crippen LogP contribution in [0.5, 0.6) is 0 Å². The predicted molar refractivity (Wildman–Crippen MR) is 207 cm³/mol. The molecular weight excluding hydrogens is 564 g/mol. The molecule has 0 amide bonds. The largest absolute Gasteiger partial charge is 0.114 e. The van der Waals surface area contributed by atoms with E-state index < -0.39 is 0 Å². The minimum atomic E-state index is -0.167. The lowest BCUT2D eigenvalue weighted by Crippen LogP contribution is -2.19. The highest BCUT2D eigenvalue weighted by Crippen LogP contribution is 2.40. The van der Waals surface area contributed by atoms with Gasteiger partial charge in [0.1, 0.15) is 0 Å². The van der Waals surface area contributed by atoms with E-state index in [0.29, 0.717) is 0 Å². The molecule has 0 bridgehead atoms. The lowest BCUT2D eigenvalue weighted by Gasteiger charge is -2.28. The van der Waals surface area contributed by atoms with Gasteiger partial charge in [-0.15, -0.1) is 11.6 Å². The topological polar surface area (TPSA) is 0 Å². The van der Waals surface area contributed by atoms with Crippen LogP contribution in [0.4, 0.5) is 0 Å². The molecule has 0 N–H and O–H groups in total. The molecule has 1 heteroatoms. The Morgan fingerprint density at radius 1 is 0.356 bits per heavy atom. The molecule has 0 saturated carbocycles. The predicted octanol–water partition coefficient (Wildman–Crippen LogP) is 16.7. The summed E-state index contributed by atoms with van der Waals surface area (Å²) in [5, 5.41) is 0. The van der Waals surface area contributed by atoms with Gasteiger partial charge in [-0.25, -0.2) is 0 Å². The highest BCUT2D eigenvalue weighted by Gasteiger charge is 2.28. The number of alkyl halides is 1. The quantitative estimate of drug-likeness (QED) is 0.0509. The van der Waals surface area contributed by atoms with Gasteiger partial charge >= 0.3 is 0 Å². The molecule has 0 radical (unpaired) electrons. The average Bonchev–Trinajstić information content (AvgIpc) is 3.04. The Bertz CT molecular complexity index is 670. The van der Waals surface area contributed by atoms with Crippen molar-refractivity contribution in [2.75, 3.05) is 0 Å². The summed E-state index contributed by atoms with van der Waals surface area (Å²) < 4.78 is 0. The second-order valence-corrected chi connectivity index (χ2v) is 15.7. The fourth-order valence-electron chi connectivity index (χ4n) is 7.17. The minimum absolute atomic E-state index is 0.167. The molecule has 0 saturated heterocycles. The summed E-state index contributed by atoms with van der Waals surface area (Å²) in [5.41, 5.74) is 2.69. The molecule has 0 aliphatic rings. The number of hydrogen-bond acceptors (Lipinski definition) is 0. The molecule has 0 aliphatic carbocycles. The molecule has 0 atom stereocenters. The van der Waals surface area contributed by atoms with Crippen molar-refractivity contribution in [2.24, 2.45) is 0 Å². The third-order valence-corrected chi connectivity index (χ3v) is 11.0. The van der Waals surface area contributed by atoms with E-state index in [4.69, 9.17) is 11.6 Å². The van der Waals surface area contributed by atoms with Crippen LogP contribution in [0, 0.1) is 6.92 Å². The Kier molecular flexibility index (Phi) is 30.3. The first-order valence-electron chi connectivity index (χ1n) is 20.9. The Morgan fingerprint density at radius 3 is 0.822 bits per heavy atom. The van der Waals surface area contributed by atoms with Crippen LogP contribution < -0.4 is 0 Å². The zero-order chi connectivity index (χ0) is 32.5. The summed E-state index contributed by atoms with van der Waals surface area (Å²) in [7, 11) is 0. The van der Waals surface area contributed by atoms with Gasteiger partial charge in [0.15, 0.2) is 0 Å². The Hall–Kier alpha value is -0.490. The highest BCUT2D eigenvalue weighted by atomic mass is 35.5. The zero-order valence-electron chi connectivity index (χ0n) is 31.2. The average molecular weight is 646 g/mol. The van der Waals surface area contributed by atoms with Crippen LogP contribution in [0.15, 0.2) is 24.3 Å². The molecule has 0 spiro atoms. The molecular formula is C44H81Cl. The minimum Gasteiger partial charge on any atom is -0.114 e. The summed E-state index contributed by atoms with van der Waals surface area (Å²) in [6.45, 7) is 6.80. The fourth-order valence-corrected chi connectivity index (χ4v) is 7.57. The second kappa shape index (κ2) is 32.1. The number of hydrogen-bond donors (Lipinski definition) is 0. The summed E-state index contributed by atoms with van der Waals surface area (Å²) >= 11 is 7.45. The van der Waals surface area contributed by atoms with Gasteiger partial charge in [-0.3, -0.25) is 0 Å². The van der Waals surface area contributed by atoms with Crippen molar-refractivity contribution < 1.29 is 0 Å². The molecule has 0 aromatic heterocycles. The highest BCUT2D eigenvalue weighted by molar-refractivity contribution is 6.24. The fraction of sp³-hybridized carbons (Fsp3) is 0.864. The second-order valence-electron chi connectivity index (χ2n) is 14.9.